The van der Waals surface area contributed by atoms with Crippen LogP contribution in [0.2, 0.25) is 0 Å². The standard InChI is InChI=1S/C24H26FN3O/c25-20-7-5-18(6-8-20)23-21-4-2-1-3-17(21)9-14-28(23)22-15-24(29-26-22)16-27-12-10-19(24)11-13-27/h1-8,19,23H,9-16H2/t23-,24-/m0/s1. The van der Waals surface area contributed by atoms with E-state index in [0.29, 0.717) is 5.92 Å². The number of nitrogens with zero attached hydrogens (tertiary/aromatic N) is 3. The first kappa shape index (κ1) is 17.5. The van der Waals surface area contributed by atoms with Gasteiger partial charge in [-0.25, -0.2) is 4.39 Å². The van der Waals surface area contributed by atoms with E-state index in [0.717, 1.165) is 37.3 Å². The average Bonchev–Trinajstić information content (AvgIpc) is 3.17. The summed E-state index contributed by atoms with van der Waals surface area (Å²) >= 11 is 0. The summed E-state index contributed by atoms with van der Waals surface area (Å²) in [6, 6.07) is 15.6. The lowest BCUT2D eigenvalue weighted by molar-refractivity contribution is -0.136. The normalized spacial score (nSPS) is 32.8. The molecular weight excluding hydrogens is 365 g/mol. The Labute approximate surface area is 170 Å². The van der Waals surface area contributed by atoms with Crippen LogP contribution in [0.3, 0.4) is 0 Å². The molecule has 0 unspecified atom stereocenters. The molecule has 2 bridgehead atoms. The molecule has 150 valence electrons. The fraction of sp³-hybridized carbons (Fsp3) is 0.458. The van der Waals surface area contributed by atoms with Gasteiger partial charge in [-0.2, -0.15) is 0 Å². The largest absolute Gasteiger partial charge is 0.386 e. The second kappa shape index (κ2) is 6.56. The molecule has 0 radical (unpaired) electrons. The number of fused-ring (bicyclic) bond motifs is 3. The van der Waals surface area contributed by atoms with Crippen LogP contribution < -0.4 is 0 Å². The zero-order valence-corrected chi connectivity index (χ0v) is 16.6. The number of halogens is 1. The monoisotopic (exact) mass is 391 g/mol. The van der Waals surface area contributed by atoms with Gasteiger partial charge in [0.25, 0.3) is 0 Å². The first-order valence-electron chi connectivity index (χ1n) is 10.8. The minimum atomic E-state index is -0.197. The summed E-state index contributed by atoms with van der Waals surface area (Å²) < 4.78 is 13.6. The Morgan fingerprint density at radius 3 is 2.55 bits per heavy atom. The molecule has 5 heterocycles. The zero-order chi connectivity index (χ0) is 19.4. The number of oxime groups is 1. The fourth-order valence-corrected chi connectivity index (χ4v) is 5.91. The molecule has 3 fully saturated rings. The Kier molecular flexibility index (Phi) is 3.95. The van der Waals surface area contributed by atoms with Gasteiger partial charge >= 0.3 is 0 Å². The second-order valence-electron chi connectivity index (χ2n) is 8.99. The van der Waals surface area contributed by atoms with Crippen LogP contribution >= 0.6 is 0 Å². The van der Waals surface area contributed by atoms with Crippen LogP contribution in [0.25, 0.3) is 0 Å². The molecule has 2 aromatic carbocycles. The summed E-state index contributed by atoms with van der Waals surface area (Å²) in [5, 5.41) is 4.66. The van der Waals surface area contributed by atoms with E-state index in [9.17, 15) is 4.39 Å². The van der Waals surface area contributed by atoms with Crippen molar-refractivity contribution in [2.75, 3.05) is 26.2 Å². The van der Waals surface area contributed by atoms with Crippen molar-refractivity contribution < 1.29 is 9.23 Å². The van der Waals surface area contributed by atoms with E-state index in [1.54, 1.807) is 12.1 Å². The molecule has 5 heteroatoms. The third-order valence-corrected chi connectivity index (χ3v) is 7.41. The number of amidine groups is 1. The van der Waals surface area contributed by atoms with Crippen LogP contribution in [-0.2, 0) is 11.3 Å². The minimum Gasteiger partial charge on any atom is -0.386 e. The highest BCUT2D eigenvalue weighted by molar-refractivity contribution is 5.85. The number of hydrogen-bond acceptors (Lipinski definition) is 4. The quantitative estimate of drug-likeness (QED) is 0.736. The van der Waals surface area contributed by atoms with E-state index in [4.69, 9.17) is 4.84 Å². The maximum absolute atomic E-state index is 13.6. The summed E-state index contributed by atoms with van der Waals surface area (Å²) in [4.78, 5) is 11.2. The third-order valence-electron chi connectivity index (χ3n) is 7.41. The van der Waals surface area contributed by atoms with Gasteiger partial charge in [-0.1, -0.05) is 41.6 Å². The average molecular weight is 391 g/mol. The summed E-state index contributed by atoms with van der Waals surface area (Å²) in [6.07, 6.45) is 4.31. The predicted octanol–water partition coefficient (Wildman–Crippen LogP) is 3.97. The van der Waals surface area contributed by atoms with E-state index in [2.05, 4.69) is 39.2 Å². The van der Waals surface area contributed by atoms with Gasteiger partial charge in [0.05, 0.1) is 12.5 Å². The van der Waals surface area contributed by atoms with E-state index in [-0.39, 0.29) is 17.5 Å². The number of rotatable bonds is 1. The number of piperidine rings is 3. The zero-order valence-electron chi connectivity index (χ0n) is 16.6. The van der Waals surface area contributed by atoms with Crippen LogP contribution in [-0.4, -0.2) is 47.4 Å². The minimum absolute atomic E-state index is 0.0548. The first-order chi connectivity index (χ1) is 14.2. The van der Waals surface area contributed by atoms with Crippen LogP contribution in [0.4, 0.5) is 4.39 Å². The van der Waals surface area contributed by atoms with E-state index in [1.165, 1.54) is 37.1 Å². The van der Waals surface area contributed by atoms with Gasteiger partial charge in [0.1, 0.15) is 11.7 Å². The summed E-state index contributed by atoms with van der Waals surface area (Å²) in [7, 11) is 0. The van der Waals surface area contributed by atoms with Crippen molar-refractivity contribution in [2.45, 2.75) is 37.3 Å². The Bertz CT molecular complexity index is 951. The van der Waals surface area contributed by atoms with E-state index in [1.807, 2.05) is 12.1 Å². The molecule has 7 rings (SSSR count). The van der Waals surface area contributed by atoms with Gasteiger partial charge in [-0.15, -0.1) is 0 Å². The lowest BCUT2D eigenvalue weighted by atomic mass is 9.73. The molecule has 3 saturated heterocycles. The molecule has 0 aliphatic carbocycles. The van der Waals surface area contributed by atoms with Crippen molar-refractivity contribution in [2.24, 2.45) is 11.1 Å². The highest BCUT2D eigenvalue weighted by Crippen LogP contribution is 2.45. The SMILES string of the molecule is Fc1ccc([C@H]2c3ccccc3CCN2C2=NO[C@@]3(C2)CN2CCC3CC2)cc1. The van der Waals surface area contributed by atoms with Crippen molar-refractivity contribution in [1.29, 1.82) is 0 Å². The molecule has 5 aliphatic rings. The fourth-order valence-electron chi connectivity index (χ4n) is 5.91. The van der Waals surface area contributed by atoms with E-state index < -0.39 is 0 Å². The Morgan fingerprint density at radius 2 is 1.79 bits per heavy atom. The smallest absolute Gasteiger partial charge is 0.160 e. The Balaban J connectivity index is 1.35. The molecule has 2 atom stereocenters. The molecule has 5 aliphatic heterocycles. The highest BCUT2D eigenvalue weighted by atomic mass is 19.1. The topological polar surface area (TPSA) is 28.1 Å². The molecule has 1 spiro atoms. The van der Waals surface area contributed by atoms with Crippen molar-refractivity contribution in [3.8, 4) is 0 Å². The van der Waals surface area contributed by atoms with Crippen LogP contribution in [0.5, 0.6) is 0 Å². The van der Waals surface area contributed by atoms with Gasteiger partial charge in [0, 0.05) is 19.0 Å². The van der Waals surface area contributed by atoms with Gasteiger partial charge in [0.15, 0.2) is 5.60 Å². The van der Waals surface area contributed by atoms with Gasteiger partial charge in [-0.3, -0.25) is 4.90 Å². The molecule has 2 aromatic rings. The lowest BCUT2D eigenvalue weighted by Crippen LogP contribution is -2.59. The number of hydrogen-bond donors (Lipinski definition) is 0. The maximum Gasteiger partial charge on any atom is 0.160 e. The highest BCUT2D eigenvalue weighted by Gasteiger charge is 2.53. The van der Waals surface area contributed by atoms with Crippen LogP contribution in [0, 0.1) is 11.7 Å². The van der Waals surface area contributed by atoms with Crippen molar-refractivity contribution in [3.63, 3.8) is 0 Å². The molecule has 0 aromatic heterocycles. The summed E-state index contributed by atoms with van der Waals surface area (Å²) in [6.45, 7) is 4.29. The summed E-state index contributed by atoms with van der Waals surface area (Å²) in [5.74, 6) is 1.47. The van der Waals surface area contributed by atoms with Gasteiger partial charge in [0.2, 0.25) is 0 Å². The van der Waals surface area contributed by atoms with Crippen molar-refractivity contribution >= 4 is 5.84 Å². The molecule has 0 amide bonds. The summed E-state index contributed by atoms with van der Waals surface area (Å²) in [5.41, 5.74) is 3.63. The molecule has 29 heavy (non-hydrogen) atoms. The Morgan fingerprint density at radius 1 is 1.00 bits per heavy atom. The first-order valence-corrected chi connectivity index (χ1v) is 10.8. The predicted molar refractivity (Wildman–Crippen MR) is 110 cm³/mol. The molecule has 4 nitrogen and oxygen atoms in total. The van der Waals surface area contributed by atoms with Crippen molar-refractivity contribution in [3.05, 3.63) is 71.0 Å². The molecular formula is C24H26FN3O. The molecule has 0 N–H and O–H groups in total. The van der Waals surface area contributed by atoms with Crippen LogP contribution in [0.1, 0.15) is 42.0 Å². The van der Waals surface area contributed by atoms with Gasteiger partial charge in [-0.05, 0) is 61.2 Å². The number of benzene rings is 2. The maximum atomic E-state index is 13.6. The molecule has 0 saturated carbocycles. The van der Waals surface area contributed by atoms with Crippen LogP contribution in [0.15, 0.2) is 53.7 Å². The third kappa shape index (κ3) is 2.78. The van der Waals surface area contributed by atoms with Crippen molar-refractivity contribution in [1.82, 2.24) is 9.80 Å². The second-order valence-corrected chi connectivity index (χ2v) is 8.99. The Hall–Kier alpha value is -2.40. The van der Waals surface area contributed by atoms with E-state index >= 15 is 0 Å². The van der Waals surface area contributed by atoms with Gasteiger partial charge < -0.3 is 9.74 Å². The lowest BCUT2D eigenvalue weighted by Gasteiger charge is -2.49.